The van der Waals surface area contributed by atoms with Gasteiger partial charge in [-0.15, -0.1) is 0 Å². The van der Waals surface area contributed by atoms with Crippen LogP contribution >= 0.6 is 0 Å². The molecular formula is C16H23FO. The third kappa shape index (κ3) is 2.74. The molecule has 2 heteroatoms. The summed E-state index contributed by atoms with van der Waals surface area (Å²) in [7, 11) is 0. The van der Waals surface area contributed by atoms with Crippen molar-refractivity contribution in [3.63, 3.8) is 0 Å². The summed E-state index contributed by atoms with van der Waals surface area (Å²) in [6.07, 6.45) is 2.46. The third-order valence-electron chi connectivity index (χ3n) is 3.86. The molecule has 1 aromatic rings. The number of aliphatic hydroxyl groups is 1. The number of rotatable bonds is 1. The quantitative estimate of drug-likeness (QED) is 0.790. The van der Waals surface area contributed by atoms with Crippen LogP contribution in [0.15, 0.2) is 24.3 Å². The normalized spacial score (nSPS) is 24.8. The molecule has 1 nitrogen and oxygen atoms in total. The Morgan fingerprint density at radius 2 is 1.56 bits per heavy atom. The first-order valence-corrected chi connectivity index (χ1v) is 6.61. The summed E-state index contributed by atoms with van der Waals surface area (Å²) in [5.74, 6) is -0.276. The maximum absolute atomic E-state index is 13.4. The van der Waals surface area contributed by atoms with Crippen LogP contribution in [0.4, 0.5) is 4.39 Å². The van der Waals surface area contributed by atoms with Crippen molar-refractivity contribution in [3.8, 4) is 0 Å². The Labute approximate surface area is 109 Å². The first-order chi connectivity index (χ1) is 8.12. The lowest BCUT2D eigenvalue weighted by molar-refractivity contribution is -0.0914. The standard InChI is InChI=1S/C16H23FO/c1-14(2)9-15(3,4)11-16(18,10-14)12-6-5-7-13(17)8-12/h5-8,18H,9-11H2,1-4H3. The van der Waals surface area contributed by atoms with Gasteiger partial charge in [0.1, 0.15) is 5.82 Å². The van der Waals surface area contributed by atoms with Gasteiger partial charge in [0.05, 0.1) is 5.60 Å². The molecule has 0 aliphatic heterocycles. The van der Waals surface area contributed by atoms with E-state index in [4.69, 9.17) is 0 Å². The Morgan fingerprint density at radius 1 is 1.00 bits per heavy atom. The van der Waals surface area contributed by atoms with E-state index in [1.165, 1.54) is 12.1 Å². The molecule has 0 aromatic heterocycles. The minimum Gasteiger partial charge on any atom is -0.385 e. The molecule has 0 radical (unpaired) electrons. The van der Waals surface area contributed by atoms with Gasteiger partial charge in [0, 0.05) is 0 Å². The summed E-state index contributed by atoms with van der Waals surface area (Å²) in [6, 6.07) is 6.40. The van der Waals surface area contributed by atoms with Gasteiger partial charge >= 0.3 is 0 Å². The highest BCUT2D eigenvalue weighted by Crippen LogP contribution is 2.53. The van der Waals surface area contributed by atoms with Gasteiger partial charge in [0.25, 0.3) is 0 Å². The molecule has 1 N–H and O–H groups in total. The van der Waals surface area contributed by atoms with Gasteiger partial charge in [-0.2, -0.15) is 0 Å². The van der Waals surface area contributed by atoms with Crippen LogP contribution in [0.5, 0.6) is 0 Å². The molecule has 2 rings (SSSR count). The van der Waals surface area contributed by atoms with Gasteiger partial charge in [-0.3, -0.25) is 0 Å². The van der Waals surface area contributed by atoms with Crippen LogP contribution in [0.25, 0.3) is 0 Å². The Morgan fingerprint density at radius 3 is 2.06 bits per heavy atom. The monoisotopic (exact) mass is 250 g/mol. The van der Waals surface area contributed by atoms with Gasteiger partial charge in [0.15, 0.2) is 0 Å². The summed E-state index contributed by atoms with van der Waals surface area (Å²) in [5.41, 5.74) is -0.0535. The molecule has 100 valence electrons. The van der Waals surface area contributed by atoms with E-state index in [1.54, 1.807) is 6.07 Å². The second-order valence-electron chi connectivity index (χ2n) is 7.40. The Kier molecular flexibility index (Phi) is 3.05. The lowest BCUT2D eigenvalue weighted by Crippen LogP contribution is -2.44. The van der Waals surface area contributed by atoms with Crippen molar-refractivity contribution in [1.82, 2.24) is 0 Å². The number of benzene rings is 1. The predicted molar refractivity (Wildman–Crippen MR) is 71.7 cm³/mol. The van der Waals surface area contributed by atoms with Gasteiger partial charge in [-0.05, 0) is 47.8 Å². The Balaban J connectivity index is 2.41. The number of hydrogen-bond acceptors (Lipinski definition) is 1. The smallest absolute Gasteiger partial charge is 0.123 e. The van der Waals surface area contributed by atoms with Crippen molar-refractivity contribution in [2.24, 2.45) is 10.8 Å². The summed E-state index contributed by atoms with van der Waals surface area (Å²) in [4.78, 5) is 0. The maximum atomic E-state index is 13.4. The molecule has 1 saturated carbocycles. The van der Waals surface area contributed by atoms with Crippen molar-refractivity contribution in [1.29, 1.82) is 0 Å². The number of halogens is 1. The molecule has 0 spiro atoms. The maximum Gasteiger partial charge on any atom is 0.123 e. The van der Waals surface area contributed by atoms with E-state index in [9.17, 15) is 9.50 Å². The average Bonchev–Trinajstić information content (AvgIpc) is 2.11. The van der Waals surface area contributed by atoms with Gasteiger partial charge in [-0.25, -0.2) is 4.39 Å². The van der Waals surface area contributed by atoms with E-state index in [0.29, 0.717) is 18.4 Å². The SMILES string of the molecule is CC1(C)CC(C)(C)CC(O)(c2cccc(F)c2)C1. The largest absolute Gasteiger partial charge is 0.385 e. The highest BCUT2D eigenvalue weighted by atomic mass is 19.1. The van der Waals surface area contributed by atoms with Crippen molar-refractivity contribution >= 4 is 0 Å². The molecule has 1 aliphatic carbocycles. The third-order valence-corrected chi connectivity index (χ3v) is 3.86. The summed E-state index contributed by atoms with van der Waals surface area (Å²) in [5, 5.41) is 11.0. The van der Waals surface area contributed by atoms with Crippen molar-refractivity contribution in [2.75, 3.05) is 0 Å². The molecule has 0 saturated heterocycles. The second-order valence-corrected chi connectivity index (χ2v) is 7.40. The van der Waals surface area contributed by atoms with E-state index in [-0.39, 0.29) is 16.6 Å². The highest BCUT2D eigenvalue weighted by molar-refractivity contribution is 5.25. The fraction of sp³-hybridized carbons (Fsp3) is 0.625. The molecule has 0 bridgehead atoms. The minimum absolute atomic E-state index is 0.0722. The van der Waals surface area contributed by atoms with Gasteiger partial charge in [0.2, 0.25) is 0 Å². The molecule has 0 unspecified atom stereocenters. The fourth-order valence-electron chi connectivity index (χ4n) is 4.05. The molecule has 0 atom stereocenters. The predicted octanol–water partition coefficient (Wildman–Crippen LogP) is 4.25. The lowest BCUT2D eigenvalue weighted by Gasteiger charge is -2.49. The van der Waals surface area contributed by atoms with Crippen molar-refractivity contribution in [3.05, 3.63) is 35.6 Å². The van der Waals surface area contributed by atoms with Crippen LogP contribution in [0.2, 0.25) is 0 Å². The van der Waals surface area contributed by atoms with E-state index in [2.05, 4.69) is 27.7 Å². The summed E-state index contributed by atoms with van der Waals surface area (Å²) >= 11 is 0. The van der Waals surface area contributed by atoms with Crippen LogP contribution < -0.4 is 0 Å². The second kappa shape index (κ2) is 4.06. The van der Waals surface area contributed by atoms with E-state index >= 15 is 0 Å². The zero-order valence-electron chi connectivity index (χ0n) is 11.8. The van der Waals surface area contributed by atoms with Crippen LogP contribution in [-0.4, -0.2) is 5.11 Å². The Hall–Kier alpha value is -0.890. The van der Waals surface area contributed by atoms with Crippen LogP contribution in [0.1, 0.15) is 52.5 Å². The first kappa shape index (κ1) is 13.5. The molecule has 1 aliphatic rings. The summed E-state index contributed by atoms with van der Waals surface area (Å²) < 4.78 is 13.4. The zero-order chi connectivity index (χ0) is 13.6. The van der Waals surface area contributed by atoms with E-state index in [1.807, 2.05) is 6.07 Å². The van der Waals surface area contributed by atoms with Crippen LogP contribution in [0, 0.1) is 16.6 Å². The zero-order valence-corrected chi connectivity index (χ0v) is 11.8. The molecule has 1 aromatic carbocycles. The molecule has 1 fully saturated rings. The van der Waals surface area contributed by atoms with Gasteiger partial charge in [-0.1, -0.05) is 39.8 Å². The van der Waals surface area contributed by atoms with E-state index < -0.39 is 5.60 Å². The number of hydrogen-bond donors (Lipinski definition) is 1. The highest BCUT2D eigenvalue weighted by Gasteiger charge is 2.47. The topological polar surface area (TPSA) is 20.2 Å². The molecule has 0 amide bonds. The summed E-state index contributed by atoms with van der Waals surface area (Å²) in [6.45, 7) is 8.71. The van der Waals surface area contributed by atoms with Crippen LogP contribution in [0.3, 0.4) is 0 Å². The van der Waals surface area contributed by atoms with Crippen LogP contribution in [-0.2, 0) is 5.60 Å². The lowest BCUT2D eigenvalue weighted by atomic mass is 9.58. The first-order valence-electron chi connectivity index (χ1n) is 6.61. The average molecular weight is 250 g/mol. The van der Waals surface area contributed by atoms with E-state index in [0.717, 1.165) is 6.42 Å². The fourth-order valence-corrected chi connectivity index (χ4v) is 4.05. The van der Waals surface area contributed by atoms with Crippen molar-refractivity contribution < 1.29 is 9.50 Å². The Bertz CT molecular complexity index is 432. The molecular weight excluding hydrogens is 227 g/mol. The minimum atomic E-state index is -0.909. The van der Waals surface area contributed by atoms with Crippen molar-refractivity contribution in [2.45, 2.75) is 52.6 Å². The molecule has 0 heterocycles. The van der Waals surface area contributed by atoms with Gasteiger partial charge < -0.3 is 5.11 Å². The molecule has 18 heavy (non-hydrogen) atoms.